The molecule has 3 rings (SSSR count). The van der Waals surface area contributed by atoms with Gasteiger partial charge in [-0.15, -0.1) is 0 Å². The van der Waals surface area contributed by atoms with Crippen molar-refractivity contribution in [1.82, 2.24) is 15.3 Å². The first kappa shape index (κ1) is 25.2. The summed E-state index contributed by atoms with van der Waals surface area (Å²) in [4.78, 5) is 24.2. The van der Waals surface area contributed by atoms with Crippen LogP contribution in [0.2, 0.25) is 0 Å². The standard InChI is InChI=1S/C22H30IN7O2S/c1-14(24)20(15(2)25)29-22(31)27-17-7-5-16(6-8-17)21-26-18(12-33-4)11-19(28-21)30-9-10-32-13-23(30)3/h5-8,11,24H,9-10,12-13,25H2,1-4H3,(H2,27,29,31)/b20-15+,24-14?. The number of urea groups is 1. The summed E-state index contributed by atoms with van der Waals surface area (Å²) in [5.74, 6) is 2.46. The van der Waals surface area contributed by atoms with Gasteiger partial charge in [-0.25, -0.2) is 0 Å². The van der Waals surface area contributed by atoms with E-state index in [4.69, 9.17) is 25.8 Å². The van der Waals surface area contributed by atoms with Gasteiger partial charge in [0.1, 0.15) is 0 Å². The number of hydrogen-bond donors (Lipinski definition) is 4. The van der Waals surface area contributed by atoms with Gasteiger partial charge < -0.3 is 11.1 Å². The van der Waals surface area contributed by atoms with Crippen molar-refractivity contribution in [1.29, 1.82) is 5.41 Å². The molecule has 1 aliphatic rings. The Bertz CT molecular complexity index is 1040. The molecule has 0 unspecified atom stereocenters. The van der Waals surface area contributed by atoms with Crippen molar-refractivity contribution < 1.29 is 9.53 Å². The number of carbonyl (C=O) groups is 1. The van der Waals surface area contributed by atoms with E-state index in [1.807, 2.05) is 24.3 Å². The van der Waals surface area contributed by atoms with Gasteiger partial charge in [0.05, 0.1) is 5.71 Å². The molecule has 1 saturated heterocycles. The van der Waals surface area contributed by atoms with E-state index in [-0.39, 0.29) is 5.71 Å². The van der Waals surface area contributed by atoms with E-state index in [9.17, 15) is 4.79 Å². The molecule has 0 radical (unpaired) electrons. The quantitative estimate of drug-likeness (QED) is 0.166. The first-order valence-electron chi connectivity index (χ1n) is 10.3. The number of thioether (sulfide) groups is 1. The second-order valence-corrected chi connectivity index (χ2v) is 13.3. The number of halogens is 1. The van der Waals surface area contributed by atoms with E-state index >= 15 is 0 Å². The Morgan fingerprint density at radius 3 is 2.64 bits per heavy atom. The second kappa shape index (κ2) is 11.7. The Hall–Kier alpha value is -2.38. The predicted molar refractivity (Wildman–Crippen MR) is 145 cm³/mol. The average molecular weight is 584 g/mol. The van der Waals surface area contributed by atoms with E-state index in [1.165, 1.54) is 0 Å². The molecule has 1 aromatic carbocycles. The molecule has 11 heteroatoms. The number of amides is 2. The van der Waals surface area contributed by atoms with Crippen molar-refractivity contribution in [2.75, 3.05) is 37.4 Å². The van der Waals surface area contributed by atoms with E-state index in [0.29, 0.717) is 22.9 Å². The van der Waals surface area contributed by atoms with Crippen LogP contribution in [0.15, 0.2) is 41.7 Å². The van der Waals surface area contributed by atoms with E-state index in [2.05, 4.69) is 31.0 Å². The Morgan fingerprint density at radius 2 is 2.03 bits per heavy atom. The van der Waals surface area contributed by atoms with Crippen LogP contribution in [0, 0.1) is 5.41 Å². The van der Waals surface area contributed by atoms with Gasteiger partial charge in [0, 0.05) is 5.70 Å². The number of allylic oxidation sites excluding steroid dienone is 2. The third-order valence-electron chi connectivity index (χ3n) is 4.73. The average Bonchev–Trinajstić information content (AvgIpc) is 2.78. The molecule has 1 fully saturated rings. The zero-order chi connectivity index (χ0) is 24.0. The fourth-order valence-electron chi connectivity index (χ4n) is 3.20. The normalized spacial score (nSPS) is 15.6. The number of nitrogens with one attached hydrogen (secondary N) is 3. The van der Waals surface area contributed by atoms with Crippen molar-refractivity contribution in [3.8, 4) is 11.4 Å². The topological polar surface area (TPSA) is 129 Å². The minimum atomic E-state index is -1.40. The Labute approximate surface area is 206 Å². The number of benzene rings is 1. The summed E-state index contributed by atoms with van der Waals surface area (Å²) < 4.78 is 8.89. The molecule has 0 bridgehead atoms. The second-order valence-electron chi connectivity index (χ2n) is 7.47. The number of rotatable bonds is 7. The molecule has 9 nitrogen and oxygen atoms in total. The number of alkyl halides is 2. The number of nitrogens with two attached hydrogens (primary N) is 1. The van der Waals surface area contributed by atoms with Gasteiger partial charge in [-0.1, -0.05) is 0 Å². The summed E-state index contributed by atoms with van der Waals surface area (Å²) in [5, 5.41) is 13.1. The molecule has 33 heavy (non-hydrogen) atoms. The first-order chi connectivity index (χ1) is 15.8. The summed E-state index contributed by atoms with van der Waals surface area (Å²) in [7, 11) is 0. The molecule has 0 spiro atoms. The van der Waals surface area contributed by atoms with Crippen LogP contribution >= 0.6 is 31.9 Å². The number of carbonyl (C=O) groups excluding carboxylic acids is 1. The van der Waals surface area contributed by atoms with Crippen molar-refractivity contribution in [3.63, 3.8) is 0 Å². The van der Waals surface area contributed by atoms with Gasteiger partial charge in [0.15, 0.2) is 0 Å². The summed E-state index contributed by atoms with van der Waals surface area (Å²) in [6, 6.07) is 9.04. The monoisotopic (exact) mass is 583 g/mol. The summed E-state index contributed by atoms with van der Waals surface area (Å²) >= 11 is 0.332. The van der Waals surface area contributed by atoms with Crippen molar-refractivity contribution in [2.45, 2.75) is 19.6 Å². The molecule has 0 aliphatic carbocycles. The van der Waals surface area contributed by atoms with E-state index in [1.54, 1.807) is 25.6 Å². The SMILES string of the molecule is CSCc1cc(N2CCOCI2C)nc(-c2ccc(NC(=O)N/C(C(C)=N)=C(\C)N)cc2)n1. The molecular weight excluding hydrogens is 553 g/mol. The number of nitrogens with zero attached hydrogens (tertiary/aromatic N) is 3. The van der Waals surface area contributed by atoms with Gasteiger partial charge in [-0.3, -0.25) is 0 Å². The van der Waals surface area contributed by atoms with Crippen LogP contribution in [0.3, 0.4) is 0 Å². The summed E-state index contributed by atoms with van der Waals surface area (Å²) in [6.07, 6.45) is 2.06. The number of anilines is 2. The molecule has 1 aliphatic heterocycles. The van der Waals surface area contributed by atoms with Crippen LogP contribution in [0.1, 0.15) is 19.5 Å². The van der Waals surface area contributed by atoms with Gasteiger partial charge in [0.25, 0.3) is 0 Å². The Morgan fingerprint density at radius 1 is 1.30 bits per heavy atom. The van der Waals surface area contributed by atoms with Crippen LogP contribution in [0.4, 0.5) is 16.3 Å². The van der Waals surface area contributed by atoms with Crippen molar-refractivity contribution in [2.24, 2.45) is 5.73 Å². The maximum atomic E-state index is 12.3. The third kappa shape index (κ3) is 6.81. The fourth-order valence-corrected chi connectivity index (χ4v) is 7.04. The third-order valence-corrected chi connectivity index (χ3v) is 9.62. The molecule has 0 atom stereocenters. The molecule has 2 aromatic rings. The van der Waals surface area contributed by atoms with Gasteiger partial charge in [-0.2, -0.15) is 0 Å². The van der Waals surface area contributed by atoms with Gasteiger partial charge in [0.2, 0.25) is 0 Å². The van der Waals surface area contributed by atoms with Crippen LogP contribution in [-0.4, -0.2) is 50.7 Å². The Balaban J connectivity index is 1.80. The van der Waals surface area contributed by atoms with Crippen LogP contribution in [0.25, 0.3) is 11.4 Å². The Kier molecular flexibility index (Phi) is 8.92. The molecule has 2 amide bonds. The van der Waals surface area contributed by atoms with Crippen LogP contribution < -0.4 is 19.5 Å². The van der Waals surface area contributed by atoms with Crippen molar-refractivity contribution in [3.05, 3.63) is 47.4 Å². The fraction of sp³-hybridized carbons (Fsp3) is 0.364. The molecule has 1 aromatic heterocycles. The zero-order valence-electron chi connectivity index (χ0n) is 19.2. The van der Waals surface area contributed by atoms with Gasteiger partial charge in [-0.05, 0) is 13.8 Å². The molecule has 2 heterocycles. The zero-order valence-corrected chi connectivity index (χ0v) is 22.2. The first-order valence-corrected chi connectivity index (χ1v) is 16.3. The molecule has 0 saturated carbocycles. The summed E-state index contributed by atoms with van der Waals surface area (Å²) in [5.41, 5.74) is 9.11. The van der Waals surface area contributed by atoms with Crippen LogP contribution in [0.5, 0.6) is 0 Å². The minimum absolute atomic E-state index is 0.191. The van der Waals surface area contributed by atoms with Gasteiger partial charge >= 0.3 is 170 Å². The van der Waals surface area contributed by atoms with E-state index in [0.717, 1.165) is 40.6 Å². The number of hydrogen-bond acceptors (Lipinski definition) is 8. The van der Waals surface area contributed by atoms with Crippen LogP contribution in [-0.2, 0) is 10.5 Å². The molecular formula is C22H30IN7O2S. The number of aromatic nitrogens is 2. The molecule has 178 valence electrons. The predicted octanol–water partition coefficient (Wildman–Crippen LogP) is 4.20. The molecule has 5 N–H and O–H groups in total. The van der Waals surface area contributed by atoms with Crippen molar-refractivity contribution >= 4 is 55.1 Å². The number of ether oxygens (including phenoxy) is 1. The summed E-state index contributed by atoms with van der Waals surface area (Å²) in [6.45, 7) is 4.80. The maximum absolute atomic E-state index is 12.3. The van der Waals surface area contributed by atoms with E-state index < -0.39 is 26.1 Å².